The van der Waals surface area contributed by atoms with E-state index < -0.39 is 0 Å². The second-order valence-electron chi connectivity index (χ2n) is 6.66. The van der Waals surface area contributed by atoms with E-state index in [-0.39, 0.29) is 11.3 Å². The fourth-order valence-corrected chi connectivity index (χ4v) is 3.31. The Morgan fingerprint density at radius 1 is 1.29 bits per heavy atom. The van der Waals surface area contributed by atoms with Gasteiger partial charge in [0.2, 0.25) is 5.91 Å². The molecule has 0 radical (unpaired) electrons. The third-order valence-corrected chi connectivity index (χ3v) is 4.77. The molecule has 1 aliphatic heterocycles. The lowest BCUT2D eigenvalue weighted by Crippen LogP contribution is -2.50. The van der Waals surface area contributed by atoms with Crippen LogP contribution in [-0.4, -0.2) is 57.8 Å². The lowest BCUT2D eigenvalue weighted by molar-refractivity contribution is -0.146. The number of methoxy groups -OCH3 is 1. The van der Waals surface area contributed by atoms with E-state index in [1.807, 2.05) is 43.1 Å². The zero-order valence-corrected chi connectivity index (χ0v) is 15.1. The van der Waals surface area contributed by atoms with Crippen LogP contribution in [0.25, 0.3) is 0 Å². The lowest BCUT2D eigenvalue weighted by atomic mass is 9.78. The molecule has 134 valence electrons. The first-order valence-electron chi connectivity index (χ1n) is 8.73. The Morgan fingerprint density at radius 3 is 2.67 bits per heavy atom. The van der Waals surface area contributed by atoms with Crippen molar-refractivity contribution in [2.24, 2.45) is 5.41 Å². The molecule has 5 heteroatoms. The number of carbonyl (C=O) groups excluding carboxylic acids is 1. The molecule has 24 heavy (non-hydrogen) atoms. The van der Waals surface area contributed by atoms with Gasteiger partial charge < -0.3 is 19.7 Å². The molecule has 1 heterocycles. The maximum Gasteiger partial charge on any atom is 0.230 e. The molecule has 1 aromatic rings. The van der Waals surface area contributed by atoms with Crippen LogP contribution >= 0.6 is 0 Å². The fourth-order valence-electron chi connectivity index (χ4n) is 3.31. The first-order chi connectivity index (χ1) is 11.6. The molecular formula is C19H30N2O3. The molecule has 0 spiro atoms. The summed E-state index contributed by atoms with van der Waals surface area (Å²) >= 11 is 0. The Morgan fingerprint density at radius 2 is 2.00 bits per heavy atom. The van der Waals surface area contributed by atoms with Gasteiger partial charge in [-0.25, -0.2) is 0 Å². The summed E-state index contributed by atoms with van der Waals surface area (Å²) in [7, 11) is 3.56. The van der Waals surface area contributed by atoms with Gasteiger partial charge in [-0.05, 0) is 50.9 Å². The van der Waals surface area contributed by atoms with Crippen LogP contribution in [0.4, 0.5) is 0 Å². The molecule has 1 N–H and O–H groups in total. The lowest BCUT2D eigenvalue weighted by Gasteiger charge is -2.38. The number of nitrogens with zero attached hydrogens (tertiary/aromatic N) is 1. The van der Waals surface area contributed by atoms with Gasteiger partial charge >= 0.3 is 0 Å². The Balaban J connectivity index is 1.81. The quantitative estimate of drug-likeness (QED) is 0.741. The van der Waals surface area contributed by atoms with Gasteiger partial charge in [0, 0.05) is 20.7 Å². The number of hydrogen-bond donors (Lipinski definition) is 1. The molecule has 0 aliphatic carbocycles. The first kappa shape index (κ1) is 18.7. The summed E-state index contributed by atoms with van der Waals surface area (Å²) in [5, 5.41) is 3.32. The molecule has 1 aliphatic rings. The minimum Gasteiger partial charge on any atom is -0.493 e. The summed E-state index contributed by atoms with van der Waals surface area (Å²) in [4.78, 5) is 14.7. The SMILES string of the molecule is COCC1(C(=O)N(C)CCCOc2ccccc2C)CCNCC1. The summed E-state index contributed by atoms with van der Waals surface area (Å²) in [6, 6.07) is 8.00. The minimum atomic E-state index is -0.369. The van der Waals surface area contributed by atoms with Gasteiger partial charge in [0.15, 0.2) is 0 Å². The number of ether oxygens (including phenoxy) is 2. The van der Waals surface area contributed by atoms with Crippen LogP contribution in [0.1, 0.15) is 24.8 Å². The molecule has 1 amide bonds. The molecule has 0 unspecified atom stereocenters. The predicted octanol–water partition coefficient (Wildman–Crippen LogP) is 2.24. The van der Waals surface area contributed by atoms with Crippen molar-refractivity contribution in [3.8, 4) is 5.75 Å². The van der Waals surface area contributed by atoms with Gasteiger partial charge in [-0.2, -0.15) is 0 Å². The van der Waals surface area contributed by atoms with Crippen LogP contribution < -0.4 is 10.1 Å². The van der Waals surface area contributed by atoms with Gasteiger partial charge in [-0.15, -0.1) is 0 Å². The van der Waals surface area contributed by atoms with Crippen LogP contribution in [0, 0.1) is 12.3 Å². The molecule has 0 atom stereocenters. The predicted molar refractivity (Wildman–Crippen MR) is 95.3 cm³/mol. The van der Waals surface area contributed by atoms with Crippen molar-refractivity contribution in [2.75, 3.05) is 47.0 Å². The largest absolute Gasteiger partial charge is 0.493 e. The Kier molecular flexibility index (Phi) is 7.06. The summed E-state index contributed by atoms with van der Waals surface area (Å²) in [5.74, 6) is 1.11. The molecule has 2 rings (SSSR count). The van der Waals surface area contributed by atoms with E-state index in [2.05, 4.69) is 5.32 Å². The highest BCUT2D eigenvalue weighted by atomic mass is 16.5. The van der Waals surface area contributed by atoms with Crippen molar-refractivity contribution in [3.63, 3.8) is 0 Å². The van der Waals surface area contributed by atoms with Crippen LogP contribution in [-0.2, 0) is 9.53 Å². The molecule has 5 nitrogen and oxygen atoms in total. The molecular weight excluding hydrogens is 304 g/mol. The smallest absolute Gasteiger partial charge is 0.230 e. The van der Waals surface area contributed by atoms with E-state index in [4.69, 9.17) is 9.47 Å². The second-order valence-corrected chi connectivity index (χ2v) is 6.66. The van der Waals surface area contributed by atoms with Crippen LogP contribution in [0.5, 0.6) is 5.75 Å². The normalized spacial score (nSPS) is 16.6. The van der Waals surface area contributed by atoms with E-state index in [1.165, 1.54) is 0 Å². The monoisotopic (exact) mass is 334 g/mol. The second kappa shape index (κ2) is 9.04. The highest BCUT2D eigenvalue weighted by Gasteiger charge is 2.41. The topological polar surface area (TPSA) is 50.8 Å². The number of nitrogens with one attached hydrogen (secondary N) is 1. The summed E-state index contributed by atoms with van der Waals surface area (Å²) in [6.45, 7) is 5.59. The Bertz CT molecular complexity index is 522. The number of carbonyl (C=O) groups is 1. The van der Waals surface area contributed by atoms with Gasteiger partial charge in [-0.3, -0.25) is 4.79 Å². The number of piperidine rings is 1. The van der Waals surface area contributed by atoms with Gasteiger partial charge in [0.1, 0.15) is 5.75 Å². The van der Waals surface area contributed by atoms with Crippen molar-refractivity contribution in [1.29, 1.82) is 0 Å². The number of para-hydroxylation sites is 1. The maximum atomic E-state index is 12.9. The van der Waals surface area contributed by atoms with Gasteiger partial charge in [-0.1, -0.05) is 18.2 Å². The van der Waals surface area contributed by atoms with E-state index in [9.17, 15) is 4.79 Å². The third kappa shape index (κ3) is 4.71. The molecule has 0 saturated carbocycles. The van der Waals surface area contributed by atoms with Crippen molar-refractivity contribution in [3.05, 3.63) is 29.8 Å². The number of benzene rings is 1. The first-order valence-corrected chi connectivity index (χ1v) is 8.73. The average Bonchev–Trinajstić information content (AvgIpc) is 2.60. The van der Waals surface area contributed by atoms with E-state index >= 15 is 0 Å². The number of hydrogen-bond acceptors (Lipinski definition) is 4. The standard InChI is InChI=1S/C19H30N2O3/c1-16-7-4-5-8-17(16)24-14-6-13-21(2)18(22)19(15-23-3)9-11-20-12-10-19/h4-5,7-8,20H,6,9-15H2,1-3H3. The summed E-state index contributed by atoms with van der Waals surface area (Å²) in [6.07, 6.45) is 2.49. The summed E-state index contributed by atoms with van der Waals surface area (Å²) < 4.78 is 11.2. The van der Waals surface area contributed by atoms with Gasteiger partial charge in [0.05, 0.1) is 18.6 Å². The zero-order valence-electron chi connectivity index (χ0n) is 15.1. The highest BCUT2D eigenvalue weighted by molar-refractivity contribution is 5.82. The Hall–Kier alpha value is -1.59. The Labute approximate surface area is 145 Å². The number of aryl methyl sites for hydroxylation is 1. The van der Waals surface area contributed by atoms with Crippen molar-refractivity contribution in [2.45, 2.75) is 26.2 Å². The van der Waals surface area contributed by atoms with Crippen molar-refractivity contribution in [1.82, 2.24) is 10.2 Å². The zero-order chi connectivity index (χ0) is 17.4. The van der Waals surface area contributed by atoms with Gasteiger partial charge in [0.25, 0.3) is 0 Å². The maximum absolute atomic E-state index is 12.9. The van der Waals surface area contributed by atoms with E-state index in [0.29, 0.717) is 19.8 Å². The number of amides is 1. The average molecular weight is 334 g/mol. The molecule has 0 bridgehead atoms. The molecule has 0 aromatic heterocycles. The van der Waals surface area contributed by atoms with E-state index in [0.717, 1.165) is 43.7 Å². The highest BCUT2D eigenvalue weighted by Crippen LogP contribution is 2.31. The van der Waals surface area contributed by atoms with Crippen LogP contribution in [0.15, 0.2) is 24.3 Å². The van der Waals surface area contributed by atoms with Crippen molar-refractivity contribution < 1.29 is 14.3 Å². The van der Waals surface area contributed by atoms with Crippen LogP contribution in [0.3, 0.4) is 0 Å². The summed E-state index contributed by atoms with van der Waals surface area (Å²) in [5.41, 5.74) is 0.765. The number of rotatable bonds is 8. The molecule has 1 saturated heterocycles. The van der Waals surface area contributed by atoms with Crippen LogP contribution in [0.2, 0.25) is 0 Å². The fraction of sp³-hybridized carbons (Fsp3) is 0.632. The minimum absolute atomic E-state index is 0.196. The van der Waals surface area contributed by atoms with E-state index in [1.54, 1.807) is 7.11 Å². The molecule has 1 fully saturated rings. The molecule has 1 aromatic carbocycles. The van der Waals surface area contributed by atoms with Crippen molar-refractivity contribution >= 4 is 5.91 Å². The third-order valence-electron chi connectivity index (χ3n) is 4.77.